The lowest BCUT2D eigenvalue weighted by molar-refractivity contribution is 0.125. The molecule has 0 aliphatic carbocycles. The van der Waals surface area contributed by atoms with Crippen molar-refractivity contribution in [1.82, 2.24) is 9.80 Å². The molecule has 1 aliphatic heterocycles. The van der Waals surface area contributed by atoms with E-state index in [0.29, 0.717) is 0 Å². The molecule has 1 rings (SSSR count). The molecule has 0 spiro atoms. The van der Waals surface area contributed by atoms with Crippen LogP contribution in [0.15, 0.2) is 13.2 Å². The van der Waals surface area contributed by atoms with Gasteiger partial charge < -0.3 is 9.80 Å². The number of piperazine rings is 1. The Bertz CT molecular complexity index is 104. The third-order valence-electron chi connectivity index (χ3n) is 2.16. The Morgan fingerprint density at radius 3 is 2.09 bits per heavy atom. The molecule has 1 fully saturated rings. The summed E-state index contributed by atoms with van der Waals surface area (Å²) in [5.41, 5.74) is 0. The van der Waals surface area contributed by atoms with E-state index in [1.165, 1.54) is 19.6 Å². The first-order valence-corrected chi connectivity index (χ1v) is 4.09. The third-order valence-corrected chi connectivity index (χ3v) is 2.16. The molecule has 0 unspecified atom stereocenters. The van der Waals surface area contributed by atoms with Crippen LogP contribution in [0.2, 0.25) is 0 Å². The van der Waals surface area contributed by atoms with Crippen molar-refractivity contribution in [3.8, 4) is 0 Å². The van der Waals surface area contributed by atoms with Gasteiger partial charge in [0.25, 0.3) is 0 Å². The van der Waals surface area contributed by atoms with E-state index in [2.05, 4.69) is 44.0 Å². The molecule has 2 heteroatoms. The number of likely N-dealkylation sites (N-methyl/N-ethyl adjacent to an activating group) is 2. The topological polar surface area (TPSA) is 6.48 Å². The Kier molecular flexibility index (Phi) is 5.16. The van der Waals surface area contributed by atoms with Crippen LogP contribution in [0.3, 0.4) is 0 Å². The smallest absolute Gasteiger partial charge is 0.0192 e. The van der Waals surface area contributed by atoms with Gasteiger partial charge in [-0.15, -0.1) is 13.2 Å². The molecule has 1 heterocycles. The van der Waals surface area contributed by atoms with E-state index in [-0.39, 0.29) is 0 Å². The number of rotatable bonds is 0. The van der Waals surface area contributed by atoms with Gasteiger partial charge in [-0.05, 0) is 21.0 Å². The van der Waals surface area contributed by atoms with Crippen LogP contribution in [-0.4, -0.2) is 49.6 Å². The van der Waals surface area contributed by atoms with Crippen molar-refractivity contribution in [2.24, 2.45) is 0 Å². The highest BCUT2D eigenvalue weighted by molar-refractivity contribution is 4.73. The second-order valence-electron chi connectivity index (χ2n) is 3.09. The highest BCUT2D eigenvalue weighted by atomic mass is 15.3. The van der Waals surface area contributed by atoms with Crippen LogP contribution in [0.5, 0.6) is 0 Å². The maximum atomic E-state index is 3.00. The molecule has 1 saturated heterocycles. The van der Waals surface area contributed by atoms with E-state index in [1.807, 2.05) is 0 Å². The predicted molar refractivity (Wildman–Crippen MR) is 50.8 cm³/mol. The van der Waals surface area contributed by atoms with Gasteiger partial charge in [-0.1, -0.05) is 0 Å². The van der Waals surface area contributed by atoms with Crippen molar-refractivity contribution in [3.63, 3.8) is 0 Å². The zero-order valence-electron chi connectivity index (χ0n) is 8.01. The fourth-order valence-corrected chi connectivity index (χ4v) is 1.23. The summed E-state index contributed by atoms with van der Waals surface area (Å²) >= 11 is 0. The molecule has 0 amide bonds. The molecule has 0 N–H and O–H groups in total. The van der Waals surface area contributed by atoms with E-state index in [4.69, 9.17) is 0 Å². The Hall–Kier alpha value is -0.340. The largest absolute Gasteiger partial charge is 0.304 e. The van der Waals surface area contributed by atoms with Crippen LogP contribution in [-0.2, 0) is 0 Å². The molecular formula is C9H20N2. The molecule has 2 nitrogen and oxygen atoms in total. The van der Waals surface area contributed by atoms with Gasteiger partial charge in [0.1, 0.15) is 0 Å². The zero-order valence-corrected chi connectivity index (χ0v) is 8.01. The van der Waals surface area contributed by atoms with E-state index in [9.17, 15) is 0 Å². The SMILES string of the molecule is C=C.C[C@H]1CN(C)CCN1C. The van der Waals surface area contributed by atoms with Gasteiger partial charge in [0, 0.05) is 25.7 Å². The van der Waals surface area contributed by atoms with E-state index in [0.717, 1.165) is 6.04 Å². The summed E-state index contributed by atoms with van der Waals surface area (Å²) in [6, 6.07) is 0.740. The molecule has 0 aromatic rings. The van der Waals surface area contributed by atoms with Crippen molar-refractivity contribution in [2.75, 3.05) is 33.7 Å². The lowest BCUT2D eigenvalue weighted by atomic mass is 10.2. The van der Waals surface area contributed by atoms with Gasteiger partial charge >= 0.3 is 0 Å². The fourth-order valence-electron chi connectivity index (χ4n) is 1.23. The van der Waals surface area contributed by atoms with E-state index >= 15 is 0 Å². The van der Waals surface area contributed by atoms with Gasteiger partial charge in [-0.3, -0.25) is 0 Å². The van der Waals surface area contributed by atoms with Gasteiger partial charge in [0.05, 0.1) is 0 Å². The first kappa shape index (κ1) is 10.7. The quantitative estimate of drug-likeness (QED) is 0.484. The minimum atomic E-state index is 0.740. The van der Waals surface area contributed by atoms with Crippen molar-refractivity contribution >= 4 is 0 Å². The highest BCUT2D eigenvalue weighted by Crippen LogP contribution is 2.03. The second-order valence-corrected chi connectivity index (χ2v) is 3.09. The van der Waals surface area contributed by atoms with Crippen molar-refractivity contribution in [1.29, 1.82) is 0 Å². The lowest BCUT2D eigenvalue weighted by Gasteiger charge is -2.35. The molecular weight excluding hydrogens is 136 g/mol. The summed E-state index contributed by atoms with van der Waals surface area (Å²) < 4.78 is 0. The normalized spacial score (nSPS) is 27.4. The summed E-state index contributed by atoms with van der Waals surface area (Å²) in [6.07, 6.45) is 0. The molecule has 0 saturated carbocycles. The zero-order chi connectivity index (χ0) is 8.85. The molecule has 1 aliphatic rings. The van der Waals surface area contributed by atoms with Crippen LogP contribution >= 0.6 is 0 Å². The highest BCUT2D eigenvalue weighted by Gasteiger charge is 2.16. The maximum absolute atomic E-state index is 3.00. The third kappa shape index (κ3) is 3.54. The number of hydrogen-bond donors (Lipinski definition) is 0. The van der Waals surface area contributed by atoms with Crippen LogP contribution in [0, 0.1) is 0 Å². The maximum Gasteiger partial charge on any atom is 0.0192 e. The van der Waals surface area contributed by atoms with Gasteiger partial charge in [0.2, 0.25) is 0 Å². The second kappa shape index (κ2) is 5.33. The van der Waals surface area contributed by atoms with Crippen molar-refractivity contribution in [2.45, 2.75) is 13.0 Å². The molecule has 0 bridgehead atoms. The van der Waals surface area contributed by atoms with Gasteiger partial charge in [-0.25, -0.2) is 0 Å². The first-order valence-electron chi connectivity index (χ1n) is 4.09. The van der Waals surface area contributed by atoms with Gasteiger partial charge in [0.15, 0.2) is 0 Å². The molecule has 66 valence electrons. The fraction of sp³-hybridized carbons (Fsp3) is 0.778. The van der Waals surface area contributed by atoms with Crippen molar-refractivity contribution < 1.29 is 0 Å². The molecule has 0 aromatic carbocycles. The summed E-state index contributed by atoms with van der Waals surface area (Å²) in [7, 11) is 4.38. The van der Waals surface area contributed by atoms with E-state index in [1.54, 1.807) is 0 Å². The number of nitrogens with zero attached hydrogens (tertiary/aromatic N) is 2. The Labute approximate surface area is 70.5 Å². The predicted octanol–water partition coefficient (Wildman–Crippen LogP) is 1.05. The Balaban J connectivity index is 0.000000461. The average Bonchev–Trinajstić information content (AvgIpc) is 2.02. The lowest BCUT2D eigenvalue weighted by Crippen LogP contribution is -2.48. The average molecular weight is 156 g/mol. The minimum absolute atomic E-state index is 0.740. The van der Waals surface area contributed by atoms with Crippen LogP contribution in [0.4, 0.5) is 0 Å². The standard InChI is InChI=1S/C7H16N2.C2H4/c1-7-6-8(2)4-5-9(7)3;1-2/h7H,4-6H2,1-3H3;1-2H2/t7-;/m0./s1. The molecule has 0 aromatic heterocycles. The Morgan fingerprint density at radius 2 is 1.73 bits per heavy atom. The van der Waals surface area contributed by atoms with Crippen LogP contribution < -0.4 is 0 Å². The van der Waals surface area contributed by atoms with Gasteiger partial charge in [-0.2, -0.15) is 0 Å². The van der Waals surface area contributed by atoms with Crippen molar-refractivity contribution in [3.05, 3.63) is 13.2 Å². The first-order chi connectivity index (χ1) is 5.20. The van der Waals surface area contributed by atoms with E-state index < -0.39 is 0 Å². The summed E-state index contributed by atoms with van der Waals surface area (Å²) in [5.74, 6) is 0. The summed E-state index contributed by atoms with van der Waals surface area (Å²) in [6.45, 7) is 11.9. The monoisotopic (exact) mass is 156 g/mol. The molecule has 0 radical (unpaired) electrons. The molecule has 11 heavy (non-hydrogen) atoms. The summed E-state index contributed by atoms with van der Waals surface area (Å²) in [5, 5.41) is 0. The van der Waals surface area contributed by atoms with Crippen LogP contribution in [0.25, 0.3) is 0 Å². The van der Waals surface area contributed by atoms with Crippen LogP contribution in [0.1, 0.15) is 6.92 Å². The Morgan fingerprint density at radius 1 is 1.18 bits per heavy atom. The minimum Gasteiger partial charge on any atom is -0.304 e. The summed E-state index contributed by atoms with van der Waals surface area (Å²) in [4.78, 5) is 4.78. The molecule has 1 atom stereocenters. The number of hydrogen-bond acceptors (Lipinski definition) is 2.